The van der Waals surface area contributed by atoms with E-state index in [2.05, 4.69) is 20.5 Å². The van der Waals surface area contributed by atoms with Crippen molar-refractivity contribution in [3.05, 3.63) is 48.4 Å². The lowest BCUT2D eigenvalue weighted by atomic mass is 10.1. The summed E-state index contributed by atoms with van der Waals surface area (Å²) in [5.41, 5.74) is 1.32. The maximum absolute atomic E-state index is 12.8. The topological polar surface area (TPSA) is 66.7 Å². The summed E-state index contributed by atoms with van der Waals surface area (Å²) >= 11 is 0. The minimum absolute atomic E-state index is 0.0214. The van der Waals surface area contributed by atoms with E-state index in [1.165, 1.54) is 18.2 Å². The number of nitrogens with zero attached hydrogens (tertiary/aromatic N) is 2. The number of pyridine rings is 1. The highest BCUT2D eigenvalue weighted by Crippen LogP contribution is 2.37. The molecule has 0 radical (unpaired) electrons. The molecule has 4 aromatic rings. The number of fused-ring (bicyclic) bond motifs is 2. The lowest BCUT2D eigenvalue weighted by Crippen LogP contribution is -2.03. The predicted octanol–water partition coefficient (Wildman–Crippen LogP) is 4.47. The van der Waals surface area contributed by atoms with Gasteiger partial charge in [-0.1, -0.05) is 0 Å². The molecule has 0 unspecified atom stereocenters. The number of aromatic amines is 1. The zero-order chi connectivity index (χ0) is 16.0. The predicted molar refractivity (Wildman–Crippen MR) is 78.4 cm³/mol. The molecule has 0 bridgehead atoms. The molecule has 0 aliphatic rings. The van der Waals surface area contributed by atoms with E-state index < -0.39 is 11.7 Å². The number of anilines is 2. The number of furan rings is 1. The Morgan fingerprint density at radius 3 is 2.87 bits per heavy atom. The number of hydrogen-bond acceptors (Lipinski definition) is 4. The quantitative estimate of drug-likeness (QED) is 0.572. The molecule has 0 fully saturated rings. The van der Waals surface area contributed by atoms with Gasteiger partial charge in [-0.3, -0.25) is 10.1 Å². The maximum atomic E-state index is 12.8. The molecule has 0 atom stereocenters. The van der Waals surface area contributed by atoms with Gasteiger partial charge in [0.05, 0.1) is 5.52 Å². The summed E-state index contributed by atoms with van der Waals surface area (Å²) in [6.07, 6.45) is -2.09. The molecule has 0 aliphatic carbocycles. The first-order valence-corrected chi connectivity index (χ1v) is 6.67. The second-order valence-electron chi connectivity index (χ2n) is 4.95. The van der Waals surface area contributed by atoms with Crippen molar-refractivity contribution in [3.63, 3.8) is 0 Å². The fraction of sp³-hybridized carbons (Fsp3) is 0.0667. The van der Waals surface area contributed by atoms with Crippen LogP contribution in [0.2, 0.25) is 0 Å². The van der Waals surface area contributed by atoms with Crippen LogP contribution < -0.4 is 5.32 Å². The SMILES string of the molecule is FC(F)(F)c1coc2cc(Nc3n[nH]c4cccnc34)ccc12. The normalized spacial score (nSPS) is 12.1. The van der Waals surface area contributed by atoms with Crippen LogP contribution in [-0.2, 0) is 6.18 Å². The Kier molecular flexibility index (Phi) is 2.80. The van der Waals surface area contributed by atoms with Gasteiger partial charge in [0.2, 0.25) is 0 Å². The highest BCUT2D eigenvalue weighted by molar-refractivity contribution is 5.90. The van der Waals surface area contributed by atoms with Gasteiger partial charge < -0.3 is 9.73 Å². The Morgan fingerprint density at radius 1 is 1.17 bits per heavy atom. The highest BCUT2D eigenvalue weighted by Gasteiger charge is 2.34. The number of hydrogen-bond donors (Lipinski definition) is 2. The standard InChI is InChI=1S/C15H9F3N4O/c16-15(17,18)10-7-23-12-6-8(3-4-9(10)12)20-14-13-11(21-22-14)2-1-5-19-13/h1-7H,(H2,20,21,22). The first-order chi connectivity index (χ1) is 11.0. The van der Waals surface area contributed by atoms with Crippen LogP contribution in [0.15, 0.2) is 47.2 Å². The molecule has 23 heavy (non-hydrogen) atoms. The second kappa shape index (κ2) is 4.73. The van der Waals surface area contributed by atoms with Crippen LogP contribution >= 0.6 is 0 Å². The summed E-state index contributed by atoms with van der Waals surface area (Å²) in [4.78, 5) is 4.21. The molecular formula is C15H9F3N4O. The molecule has 0 saturated carbocycles. The second-order valence-corrected chi connectivity index (χ2v) is 4.95. The van der Waals surface area contributed by atoms with E-state index in [-0.39, 0.29) is 11.0 Å². The molecule has 116 valence electrons. The zero-order valence-electron chi connectivity index (χ0n) is 11.5. The van der Waals surface area contributed by atoms with E-state index >= 15 is 0 Å². The minimum atomic E-state index is -4.44. The first-order valence-electron chi connectivity index (χ1n) is 6.67. The summed E-state index contributed by atoms with van der Waals surface area (Å²) in [5.74, 6) is 0.488. The molecule has 0 saturated heterocycles. The van der Waals surface area contributed by atoms with Gasteiger partial charge in [-0.05, 0) is 24.3 Å². The van der Waals surface area contributed by atoms with E-state index in [0.29, 0.717) is 17.0 Å². The van der Waals surface area contributed by atoms with Gasteiger partial charge in [0, 0.05) is 23.3 Å². The third-order valence-electron chi connectivity index (χ3n) is 3.46. The highest BCUT2D eigenvalue weighted by atomic mass is 19.4. The van der Waals surface area contributed by atoms with Gasteiger partial charge in [-0.2, -0.15) is 18.3 Å². The lowest BCUT2D eigenvalue weighted by molar-refractivity contribution is -0.136. The monoisotopic (exact) mass is 318 g/mol. The molecule has 0 amide bonds. The van der Waals surface area contributed by atoms with E-state index in [9.17, 15) is 13.2 Å². The Bertz CT molecular complexity index is 1000. The van der Waals surface area contributed by atoms with Crippen molar-refractivity contribution in [2.75, 3.05) is 5.32 Å². The van der Waals surface area contributed by atoms with Crippen LogP contribution in [0.5, 0.6) is 0 Å². The van der Waals surface area contributed by atoms with Crippen LogP contribution in [0.4, 0.5) is 24.7 Å². The van der Waals surface area contributed by atoms with Crippen molar-refractivity contribution >= 4 is 33.5 Å². The number of rotatable bonds is 2. The molecule has 3 aromatic heterocycles. The molecular weight excluding hydrogens is 309 g/mol. The Balaban J connectivity index is 1.73. The summed E-state index contributed by atoms with van der Waals surface area (Å²) < 4.78 is 43.5. The first kappa shape index (κ1) is 13.6. The summed E-state index contributed by atoms with van der Waals surface area (Å²) in [5, 5.41) is 9.97. The maximum Gasteiger partial charge on any atom is 0.420 e. The molecule has 3 heterocycles. The number of benzene rings is 1. The van der Waals surface area contributed by atoms with Gasteiger partial charge in [0.15, 0.2) is 5.82 Å². The molecule has 5 nitrogen and oxygen atoms in total. The molecule has 1 aromatic carbocycles. The van der Waals surface area contributed by atoms with Crippen LogP contribution in [0, 0.1) is 0 Å². The number of alkyl halides is 3. The van der Waals surface area contributed by atoms with Gasteiger partial charge >= 0.3 is 6.18 Å². The third kappa shape index (κ3) is 2.28. The molecule has 0 spiro atoms. The molecule has 8 heteroatoms. The third-order valence-corrected chi connectivity index (χ3v) is 3.46. The van der Waals surface area contributed by atoms with Crippen molar-refractivity contribution in [2.24, 2.45) is 0 Å². The number of aromatic nitrogens is 3. The van der Waals surface area contributed by atoms with Crippen molar-refractivity contribution in [2.45, 2.75) is 6.18 Å². The van der Waals surface area contributed by atoms with E-state index in [0.717, 1.165) is 11.8 Å². The van der Waals surface area contributed by atoms with Crippen LogP contribution in [0.25, 0.3) is 22.0 Å². The largest absolute Gasteiger partial charge is 0.464 e. The summed E-state index contributed by atoms with van der Waals surface area (Å²) in [7, 11) is 0. The van der Waals surface area contributed by atoms with Gasteiger partial charge in [-0.15, -0.1) is 0 Å². The zero-order valence-corrected chi connectivity index (χ0v) is 11.5. The molecule has 0 aliphatic heterocycles. The fourth-order valence-electron chi connectivity index (χ4n) is 2.40. The average Bonchev–Trinajstić information content (AvgIpc) is 3.11. The Hall–Kier alpha value is -3.03. The Labute approximate surface area is 127 Å². The van der Waals surface area contributed by atoms with E-state index in [1.54, 1.807) is 12.3 Å². The van der Waals surface area contributed by atoms with E-state index in [1.807, 2.05) is 6.07 Å². The smallest absolute Gasteiger partial charge is 0.420 e. The van der Waals surface area contributed by atoms with Crippen LogP contribution in [-0.4, -0.2) is 15.2 Å². The van der Waals surface area contributed by atoms with Crippen LogP contribution in [0.3, 0.4) is 0 Å². The summed E-state index contributed by atoms with van der Waals surface area (Å²) in [6, 6.07) is 8.00. The van der Waals surface area contributed by atoms with Gasteiger partial charge in [0.25, 0.3) is 0 Å². The lowest BCUT2D eigenvalue weighted by Gasteiger charge is -2.05. The number of H-pyrrole nitrogens is 1. The molecule has 4 rings (SSSR count). The van der Waals surface area contributed by atoms with Gasteiger partial charge in [0.1, 0.15) is 22.9 Å². The van der Waals surface area contributed by atoms with Crippen molar-refractivity contribution in [1.29, 1.82) is 0 Å². The number of halogens is 3. The summed E-state index contributed by atoms with van der Waals surface area (Å²) in [6.45, 7) is 0. The Morgan fingerprint density at radius 2 is 2.04 bits per heavy atom. The van der Waals surface area contributed by atoms with Crippen molar-refractivity contribution < 1.29 is 17.6 Å². The number of nitrogens with one attached hydrogen (secondary N) is 2. The minimum Gasteiger partial charge on any atom is -0.464 e. The molecule has 2 N–H and O–H groups in total. The van der Waals surface area contributed by atoms with E-state index in [4.69, 9.17) is 4.42 Å². The fourth-order valence-corrected chi connectivity index (χ4v) is 2.40. The van der Waals surface area contributed by atoms with Crippen LogP contribution in [0.1, 0.15) is 5.56 Å². The van der Waals surface area contributed by atoms with Gasteiger partial charge in [-0.25, -0.2) is 0 Å². The van der Waals surface area contributed by atoms with Crippen molar-refractivity contribution in [3.8, 4) is 0 Å². The van der Waals surface area contributed by atoms with Crippen molar-refractivity contribution in [1.82, 2.24) is 15.2 Å². The average molecular weight is 318 g/mol.